The normalized spacial score (nSPS) is 16.4. The van der Waals surface area contributed by atoms with Gasteiger partial charge in [-0.05, 0) is 57.8 Å². The van der Waals surface area contributed by atoms with Crippen molar-refractivity contribution in [1.82, 2.24) is 0 Å². The SMILES string of the molecule is C1CCOCC1.C1CCOCC1.C1CCOCC1.CCCCCCc1bbbc(CCCCCC)c1CCCCCC. The topological polar surface area (TPSA) is 27.7 Å². The molecule has 42 heavy (non-hydrogen) atoms. The van der Waals surface area contributed by atoms with E-state index in [4.69, 9.17) is 14.2 Å². The van der Waals surface area contributed by atoms with Gasteiger partial charge in [-0.1, -0.05) is 0 Å². The Hall–Kier alpha value is -0.315. The van der Waals surface area contributed by atoms with Gasteiger partial charge in [0.1, 0.15) is 0 Å². The third kappa shape index (κ3) is 24.1. The fraction of sp³-hybridized carbons (Fsp3) is 0.917. The van der Waals surface area contributed by atoms with Crippen LogP contribution in [-0.2, 0) is 33.5 Å². The van der Waals surface area contributed by atoms with Gasteiger partial charge in [0.25, 0.3) is 0 Å². The molecule has 4 heterocycles. The number of hydrogen-bond acceptors (Lipinski definition) is 3. The average molecular weight is 582 g/mol. The fourth-order valence-electron chi connectivity index (χ4n) is 5.75. The van der Waals surface area contributed by atoms with Crippen molar-refractivity contribution < 1.29 is 14.2 Å². The van der Waals surface area contributed by atoms with Crippen LogP contribution in [0.3, 0.4) is 0 Å². The first-order chi connectivity index (χ1) is 20.8. The molecular weight excluding hydrogens is 513 g/mol. The van der Waals surface area contributed by atoms with Crippen LogP contribution in [0.2, 0.25) is 0 Å². The summed E-state index contributed by atoms with van der Waals surface area (Å²) in [5.74, 6) is 0. The Morgan fingerprint density at radius 2 is 0.738 bits per heavy atom. The Bertz CT molecular complexity index is 584. The first-order valence-corrected chi connectivity index (χ1v) is 18.7. The van der Waals surface area contributed by atoms with Crippen LogP contribution in [0.15, 0.2) is 0 Å². The Labute approximate surface area is 265 Å². The molecule has 3 saturated heterocycles. The van der Waals surface area contributed by atoms with Crippen molar-refractivity contribution in [3.63, 3.8) is 0 Å². The maximum absolute atomic E-state index is 5.07. The first kappa shape index (κ1) is 39.7. The number of hydrogen-bond donors (Lipinski definition) is 0. The van der Waals surface area contributed by atoms with E-state index < -0.39 is 0 Å². The summed E-state index contributed by atoms with van der Waals surface area (Å²) in [6.45, 7) is 20.1. The summed E-state index contributed by atoms with van der Waals surface area (Å²) in [6.07, 6.45) is 32.2. The summed E-state index contributed by atoms with van der Waals surface area (Å²) < 4.78 is 15.2. The monoisotopic (exact) mass is 583 g/mol. The minimum absolute atomic E-state index is 1.00. The fourth-order valence-corrected chi connectivity index (χ4v) is 5.75. The number of unbranched alkanes of at least 4 members (excludes halogenated alkanes) is 9. The van der Waals surface area contributed by atoms with Crippen molar-refractivity contribution in [2.45, 2.75) is 175 Å². The summed E-state index contributed by atoms with van der Waals surface area (Å²) in [7, 11) is 0. The number of ether oxygens (including phenoxy) is 3. The van der Waals surface area contributed by atoms with E-state index in [2.05, 4.69) is 41.0 Å². The van der Waals surface area contributed by atoms with E-state index in [1.807, 2.05) is 0 Å². The molecule has 0 saturated carbocycles. The Morgan fingerprint density at radius 1 is 0.405 bits per heavy atom. The van der Waals surface area contributed by atoms with Crippen LogP contribution >= 0.6 is 0 Å². The van der Waals surface area contributed by atoms with Crippen molar-refractivity contribution in [2.24, 2.45) is 0 Å². The van der Waals surface area contributed by atoms with E-state index in [-0.39, 0.29) is 0 Å². The third-order valence-corrected chi connectivity index (χ3v) is 8.48. The van der Waals surface area contributed by atoms with Gasteiger partial charge in [-0.3, -0.25) is 0 Å². The molecule has 0 bridgehead atoms. The second-order valence-electron chi connectivity index (χ2n) is 12.5. The molecule has 6 heteroatoms. The molecule has 0 atom stereocenters. The van der Waals surface area contributed by atoms with Crippen LogP contribution in [-0.4, -0.2) is 59.9 Å². The van der Waals surface area contributed by atoms with Gasteiger partial charge >= 0.3 is 154 Å². The summed E-state index contributed by atoms with van der Waals surface area (Å²) in [4.78, 5) is 0. The van der Waals surface area contributed by atoms with Crippen LogP contribution < -0.4 is 0 Å². The standard InChI is InChI=1S/C21H39B3.3C5H10O/c1-4-7-10-13-16-19-20(17-14-11-8-5-2)22-24-23-21(19)18-15-12-9-6-3;3*1-2-4-6-5-3-1/h4-18H2,1-3H3;3*1-5H2. The molecule has 0 amide bonds. The van der Waals surface area contributed by atoms with Crippen molar-refractivity contribution in [3.8, 4) is 0 Å². The summed E-state index contributed by atoms with van der Waals surface area (Å²) in [5.41, 5.74) is 5.05. The zero-order valence-electron chi connectivity index (χ0n) is 28.7. The molecule has 1 aromatic rings. The van der Waals surface area contributed by atoms with Crippen LogP contribution in [0.5, 0.6) is 0 Å². The molecule has 0 spiro atoms. The van der Waals surface area contributed by atoms with Gasteiger partial charge in [-0.25, -0.2) is 0 Å². The zero-order valence-corrected chi connectivity index (χ0v) is 28.7. The Morgan fingerprint density at radius 3 is 1.00 bits per heavy atom. The molecule has 4 rings (SSSR count). The summed E-state index contributed by atoms with van der Waals surface area (Å²) in [6, 6.07) is 0. The molecule has 3 aliphatic rings. The molecule has 3 aliphatic heterocycles. The van der Waals surface area contributed by atoms with Crippen LogP contribution in [0.25, 0.3) is 0 Å². The molecule has 0 radical (unpaired) electrons. The van der Waals surface area contributed by atoms with Gasteiger partial charge in [0.2, 0.25) is 0 Å². The van der Waals surface area contributed by atoms with Crippen molar-refractivity contribution in [1.29, 1.82) is 0 Å². The second-order valence-corrected chi connectivity index (χ2v) is 12.5. The predicted octanol–water partition coefficient (Wildman–Crippen LogP) is 9.63. The molecule has 0 aliphatic carbocycles. The van der Waals surface area contributed by atoms with Crippen molar-refractivity contribution >= 4 is 20.3 Å². The van der Waals surface area contributed by atoms with Crippen molar-refractivity contribution in [2.75, 3.05) is 39.6 Å². The third-order valence-electron chi connectivity index (χ3n) is 8.48. The van der Waals surface area contributed by atoms with Gasteiger partial charge in [-0.2, -0.15) is 0 Å². The minimum atomic E-state index is 1.00. The summed E-state index contributed by atoms with van der Waals surface area (Å²) in [5, 5.41) is 0. The molecular formula is C36H69B3O3. The van der Waals surface area contributed by atoms with E-state index in [0.717, 1.165) is 39.6 Å². The molecule has 240 valence electrons. The average Bonchev–Trinajstić information content (AvgIpc) is 3.07. The van der Waals surface area contributed by atoms with E-state index in [1.165, 1.54) is 154 Å². The van der Waals surface area contributed by atoms with Crippen LogP contribution in [0.1, 0.15) is 172 Å². The van der Waals surface area contributed by atoms with Gasteiger partial charge in [0.15, 0.2) is 0 Å². The Kier molecular flexibility index (Phi) is 30.3. The van der Waals surface area contributed by atoms with Gasteiger partial charge in [0, 0.05) is 39.6 Å². The van der Waals surface area contributed by atoms with Crippen molar-refractivity contribution in [3.05, 3.63) is 16.5 Å². The molecule has 0 aromatic carbocycles. The maximum atomic E-state index is 5.07. The van der Waals surface area contributed by atoms with E-state index in [0.29, 0.717) is 0 Å². The number of rotatable bonds is 15. The second kappa shape index (κ2) is 32.1. The van der Waals surface area contributed by atoms with Gasteiger partial charge in [-0.15, -0.1) is 0 Å². The Balaban J connectivity index is 0.000000385. The number of aryl methyl sites for hydroxylation is 2. The quantitative estimate of drug-likeness (QED) is 0.193. The van der Waals surface area contributed by atoms with E-state index in [9.17, 15) is 0 Å². The molecule has 1 aromatic heterocycles. The zero-order chi connectivity index (χ0) is 30.2. The van der Waals surface area contributed by atoms with Gasteiger partial charge < -0.3 is 14.2 Å². The summed E-state index contributed by atoms with van der Waals surface area (Å²) >= 11 is 0. The van der Waals surface area contributed by atoms with Crippen LogP contribution in [0.4, 0.5) is 0 Å². The van der Waals surface area contributed by atoms with Gasteiger partial charge in [0.05, 0.1) is 0 Å². The van der Waals surface area contributed by atoms with Crippen LogP contribution in [0, 0.1) is 0 Å². The van der Waals surface area contributed by atoms with E-state index in [1.54, 1.807) is 16.5 Å². The first-order valence-electron chi connectivity index (χ1n) is 18.7. The molecule has 3 nitrogen and oxygen atoms in total. The molecule has 3 fully saturated rings. The predicted molar refractivity (Wildman–Crippen MR) is 188 cm³/mol. The van der Waals surface area contributed by atoms with E-state index >= 15 is 0 Å². The molecule has 0 N–H and O–H groups in total. The molecule has 0 unspecified atom stereocenters.